The number of amides is 1. The van der Waals surface area contributed by atoms with Crippen LogP contribution in [-0.4, -0.2) is 11.8 Å². The molecule has 0 aliphatic carbocycles. The maximum Gasteiger partial charge on any atom is 0.220 e. The lowest BCUT2D eigenvalue weighted by atomic mass is 10.1. The molecule has 0 spiro atoms. The summed E-state index contributed by atoms with van der Waals surface area (Å²) in [6.07, 6.45) is 1.06. The Morgan fingerprint density at radius 1 is 1.56 bits per heavy atom. The van der Waals surface area contributed by atoms with Gasteiger partial charge in [0.1, 0.15) is 5.82 Å². The van der Waals surface area contributed by atoms with E-state index in [0.29, 0.717) is 18.7 Å². The topological polar surface area (TPSA) is 29.1 Å². The molecule has 0 radical (unpaired) electrons. The van der Waals surface area contributed by atoms with Gasteiger partial charge in [0.25, 0.3) is 0 Å². The number of alkyl halides is 1. The van der Waals surface area contributed by atoms with E-state index in [9.17, 15) is 9.18 Å². The minimum absolute atomic E-state index is 0.0580. The maximum absolute atomic E-state index is 12.9. The molecule has 4 heteroatoms. The summed E-state index contributed by atoms with van der Waals surface area (Å²) in [6, 6.07) is 6.04. The first-order valence-electron chi connectivity index (χ1n) is 5.24. The van der Waals surface area contributed by atoms with Crippen LogP contribution in [0.5, 0.6) is 0 Å². The average Bonchev–Trinajstić information content (AvgIpc) is 2.26. The van der Waals surface area contributed by atoms with Crippen molar-refractivity contribution in [3.63, 3.8) is 0 Å². The Bertz CT molecular complexity index is 357. The quantitative estimate of drug-likeness (QED) is 0.792. The molecule has 1 unspecified atom stereocenters. The zero-order chi connectivity index (χ0) is 12.0. The molecule has 1 aromatic rings. The van der Waals surface area contributed by atoms with Crippen molar-refractivity contribution in [1.82, 2.24) is 5.32 Å². The highest BCUT2D eigenvalue weighted by Gasteiger charge is 2.09. The number of halogens is 2. The third-order valence-electron chi connectivity index (χ3n) is 2.26. The number of rotatable bonds is 5. The molecular weight excluding hydrogens is 229 g/mol. The Balaban J connectivity index is 2.52. The third-order valence-corrected chi connectivity index (χ3v) is 2.53. The van der Waals surface area contributed by atoms with Crippen molar-refractivity contribution in [2.75, 3.05) is 5.88 Å². The predicted molar refractivity (Wildman–Crippen MR) is 62.9 cm³/mol. The highest BCUT2D eigenvalue weighted by atomic mass is 35.5. The molecule has 0 aromatic heterocycles. The van der Waals surface area contributed by atoms with Crippen molar-refractivity contribution in [3.05, 3.63) is 35.6 Å². The van der Waals surface area contributed by atoms with Gasteiger partial charge in [0.2, 0.25) is 5.91 Å². The summed E-state index contributed by atoms with van der Waals surface area (Å²) >= 11 is 5.49. The Hall–Kier alpha value is -1.09. The highest BCUT2D eigenvalue weighted by molar-refractivity contribution is 6.17. The molecule has 1 rings (SSSR count). The van der Waals surface area contributed by atoms with Crippen LogP contribution in [0.15, 0.2) is 24.3 Å². The molecule has 0 bridgehead atoms. The first-order valence-corrected chi connectivity index (χ1v) is 5.77. The monoisotopic (exact) mass is 243 g/mol. The maximum atomic E-state index is 12.9. The third kappa shape index (κ3) is 4.19. The number of hydrogen-bond acceptors (Lipinski definition) is 1. The Labute approximate surface area is 99.8 Å². The van der Waals surface area contributed by atoms with Gasteiger partial charge in [0, 0.05) is 12.3 Å². The Morgan fingerprint density at radius 2 is 2.31 bits per heavy atom. The molecule has 0 heterocycles. The lowest BCUT2D eigenvalue weighted by Gasteiger charge is -2.14. The van der Waals surface area contributed by atoms with E-state index in [2.05, 4.69) is 5.32 Å². The second-order valence-corrected chi connectivity index (χ2v) is 4.01. The van der Waals surface area contributed by atoms with E-state index >= 15 is 0 Å². The van der Waals surface area contributed by atoms with E-state index in [4.69, 9.17) is 11.6 Å². The van der Waals surface area contributed by atoms with Crippen LogP contribution in [0.3, 0.4) is 0 Å². The Kier molecular flexibility index (Phi) is 5.26. The van der Waals surface area contributed by atoms with Gasteiger partial charge in [-0.1, -0.05) is 12.1 Å². The zero-order valence-electron chi connectivity index (χ0n) is 9.17. The molecule has 88 valence electrons. The van der Waals surface area contributed by atoms with E-state index in [1.807, 2.05) is 6.92 Å². The normalized spacial score (nSPS) is 12.2. The number of carbonyl (C=O) groups is 1. The summed E-state index contributed by atoms with van der Waals surface area (Å²) in [5.74, 6) is 0.124. The second kappa shape index (κ2) is 6.48. The van der Waals surface area contributed by atoms with E-state index in [1.165, 1.54) is 12.1 Å². The van der Waals surface area contributed by atoms with Crippen LogP contribution in [-0.2, 0) is 4.79 Å². The lowest BCUT2D eigenvalue weighted by Crippen LogP contribution is -2.26. The predicted octanol–water partition coefficient (Wildman–Crippen LogP) is 3.02. The summed E-state index contributed by atoms with van der Waals surface area (Å²) in [6.45, 7) is 1.83. The van der Waals surface area contributed by atoms with Crippen LogP contribution in [0.4, 0.5) is 4.39 Å². The van der Waals surface area contributed by atoms with Gasteiger partial charge in [-0.25, -0.2) is 4.39 Å². The molecule has 1 aromatic carbocycles. The fourth-order valence-corrected chi connectivity index (χ4v) is 1.53. The van der Waals surface area contributed by atoms with Crippen LogP contribution in [0.1, 0.15) is 31.4 Å². The van der Waals surface area contributed by atoms with Gasteiger partial charge in [0.05, 0.1) is 6.04 Å². The van der Waals surface area contributed by atoms with E-state index in [0.717, 1.165) is 5.56 Å². The second-order valence-electron chi connectivity index (χ2n) is 3.64. The van der Waals surface area contributed by atoms with Crippen LogP contribution in [0, 0.1) is 5.82 Å². The van der Waals surface area contributed by atoms with Crippen molar-refractivity contribution in [2.45, 2.75) is 25.8 Å². The molecule has 0 saturated carbocycles. The van der Waals surface area contributed by atoms with Crippen molar-refractivity contribution < 1.29 is 9.18 Å². The molecule has 0 aliphatic heterocycles. The minimum atomic E-state index is -0.292. The van der Waals surface area contributed by atoms with Gasteiger partial charge in [-0.2, -0.15) is 0 Å². The SMILES string of the molecule is CC(NC(=O)CCCCl)c1cccc(F)c1. The van der Waals surface area contributed by atoms with E-state index in [1.54, 1.807) is 12.1 Å². The van der Waals surface area contributed by atoms with Gasteiger partial charge in [0.15, 0.2) is 0 Å². The smallest absolute Gasteiger partial charge is 0.220 e. The zero-order valence-corrected chi connectivity index (χ0v) is 9.93. The van der Waals surface area contributed by atoms with Crippen molar-refractivity contribution in [2.24, 2.45) is 0 Å². The first kappa shape index (κ1) is 13.0. The lowest BCUT2D eigenvalue weighted by molar-refractivity contribution is -0.121. The van der Waals surface area contributed by atoms with Gasteiger partial charge in [-0.15, -0.1) is 11.6 Å². The van der Waals surface area contributed by atoms with Crippen LogP contribution in [0.25, 0.3) is 0 Å². The summed E-state index contributed by atoms with van der Waals surface area (Å²) in [7, 11) is 0. The van der Waals surface area contributed by atoms with E-state index in [-0.39, 0.29) is 17.8 Å². The molecule has 0 saturated heterocycles. The highest BCUT2D eigenvalue weighted by Crippen LogP contribution is 2.13. The molecule has 1 atom stereocenters. The molecule has 16 heavy (non-hydrogen) atoms. The van der Waals surface area contributed by atoms with Gasteiger partial charge in [-0.05, 0) is 31.0 Å². The first-order chi connectivity index (χ1) is 7.63. The van der Waals surface area contributed by atoms with Crippen molar-refractivity contribution >= 4 is 17.5 Å². The van der Waals surface area contributed by atoms with Crippen LogP contribution >= 0.6 is 11.6 Å². The summed E-state index contributed by atoms with van der Waals surface area (Å²) in [5, 5.41) is 2.79. The molecule has 0 aliphatic rings. The molecule has 0 fully saturated rings. The standard InChI is InChI=1S/C12H15ClFNO/c1-9(15-12(16)6-3-7-13)10-4-2-5-11(14)8-10/h2,4-5,8-9H,3,6-7H2,1H3,(H,15,16). The minimum Gasteiger partial charge on any atom is -0.350 e. The molecular formula is C12H15ClFNO. The summed E-state index contributed by atoms with van der Waals surface area (Å²) in [5.41, 5.74) is 0.763. The van der Waals surface area contributed by atoms with Gasteiger partial charge < -0.3 is 5.32 Å². The molecule has 2 nitrogen and oxygen atoms in total. The molecule has 1 N–H and O–H groups in total. The summed E-state index contributed by atoms with van der Waals surface area (Å²) in [4.78, 5) is 11.4. The van der Waals surface area contributed by atoms with E-state index < -0.39 is 0 Å². The fourth-order valence-electron chi connectivity index (χ4n) is 1.40. The van der Waals surface area contributed by atoms with Crippen molar-refractivity contribution in [3.8, 4) is 0 Å². The van der Waals surface area contributed by atoms with Crippen LogP contribution in [0.2, 0.25) is 0 Å². The fraction of sp³-hybridized carbons (Fsp3) is 0.417. The average molecular weight is 244 g/mol. The number of nitrogens with one attached hydrogen (secondary N) is 1. The number of benzene rings is 1. The largest absolute Gasteiger partial charge is 0.350 e. The summed E-state index contributed by atoms with van der Waals surface area (Å²) < 4.78 is 12.9. The number of carbonyl (C=O) groups excluding carboxylic acids is 1. The Morgan fingerprint density at radius 3 is 2.94 bits per heavy atom. The van der Waals surface area contributed by atoms with Gasteiger partial charge in [-0.3, -0.25) is 4.79 Å². The van der Waals surface area contributed by atoms with Crippen molar-refractivity contribution in [1.29, 1.82) is 0 Å². The van der Waals surface area contributed by atoms with Gasteiger partial charge >= 0.3 is 0 Å². The molecule has 1 amide bonds. The van der Waals surface area contributed by atoms with Crippen LogP contribution < -0.4 is 5.32 Å². The number of hydrogen-bond donors (Lipinski definition) is 1.